The van der Waals surface area contributed by atoms with Crippen molar-refractivity contribution in [2.75, 3.05) is 7.11 Å². The molecule has 0 aliphatic carbocycles. The Bertz CT molecular complexity index is 1090. The zero-order valence-electron chi connectivity index (χ0n) is 17.1. The van der Waals surface area contributed by atoms with Crippen LogP contribution >= 0.6 is 0 Å². The maximum Gasteiger partial charge on any atom is 0.353 e. The van der Waals surface area contributed by atoms with Crippen LogP contribution in [0.3, 0.4) is 0 Å². The van der Waals surface area contributed by atoms with Crippen molar-refractivity contribution in [2.24, 2.45) is 0 Å². The summed E-state index contributed by atoms with van der Waals surface area (Å²) in [5.74, 6) is -0.662. The monoisotopic (exact) mass is 415 g/mol. The minimum Gasteiger partial charge on any atom is -0.497 e. The van der Waals surface area contributed by atoms with Crippen LogP contribution in [0.1, 0.15) is 41.4 Å². The van der Waals surface area contributed by atoms with Gasteiger partial charge < -0.3 is 14.2 Å². The summed E-state index contributed by atoms with van der Waals surface area (Å²) in [7, 11) is 1.56. The van der Waals surface area contributed by atoms with Crippen molar-refractivity contribution in [3.63, 3.8) is 0 Å². The number of rotatable bonds is 7. The molecule has 6 heteroatoms. The molecule has 3 rings (SSSR count). The Morgan fingerprint density at radius 2 is 1.52 bits per heavy atom. The fraction of sp³-hybridized carbons (Fsp3) is 0.160. The van der Waals surface area contributed by atoms with Crippen molar-refractivity contribution in [1.29, 1.82) is 5.26 Å². The smallest absolute Gasteiger partial charge is 0.353 e. The molecule has 0 saturated carbocycles. The summed E-state index contributed by atoms with van der Waals surface area (Å²) in [6.07, 6.45) is -2.02. The third-order valence-electron chi connectivity index (χ3n) is 4.57. The summed E-state index contributed by atoms with van der Waals surface area (Å²) < 4.78 is 16.3. The molecule has 0 radical (unpaired) electrons. The fourth-order valence-corrected chi connectivity index (χ4v) is 3.10. The molecule has 0 saturated heterocycles. The lowest BCUT2D eigenvalue weighted by Crippen LogP contribution is -2.23. The van der Waals surface area contributed by atoms with Crippen LogP contribution in [0.5, 0.6) is 5.75 Å². The van der Waals surface area contributed by atoms with Gasteiger partial charge in [0.25, 0.3) is 0 Å². The Hall–Kier alpha value is -4.11. The van der Waals surface area contributed by atoms with Crippen LogP contribution in [-0.4, -0.2) is 19.0 Å². The number of carbonyl (C=O) groups excluding carboxylic acids is 2. The van der Waals surface area contributed by atoms with E-state index in [1.54, 1.807) is 86.0 Å². The highest BCUT2D eigenvalue weighted by atomic mass is 16.6. The van der Waals surface area contributed by atoms with Crippen LogP contribution in [0.15, 0.2) is 78.9 Å². The van der Waals surface area contributed by atoms with Crippen molar-refractivity contribution in [3.05, 3.63) is 101 Å². The quantitative estimate of drug-likeness (QED) is 0.528. The van der Waals surface area contributed by atoms with E-state index in [1.165, 1.54) is 6.92 Å². The maximum absolute atomic E-state index is 13.1. The Morgan fingerprint density at radius 1 is 0.839 bits per heavy atom. The number of nitriles is 1. The van der Waals surface area contributed by atoms with Gasteiger partial charge in [-0.25, -0.2) is 4.79 Å². The van der Waals surface area contributed by atoms with E-state index in [-0.39, 0.29) is 0 Å². The summed E-state index contributed by atoms with van der Waals surface area (Å²) >= 11 is 0. The Morgan fingerprint density at radius 3 is 2.13 bits per heavy atom. The van der Waals surface area contributed by atoms with Crippen molar-refractivity contribution in [3.8, 4) is 11.8 Å². The molecule has 2 atom stereocenters. The lowest BCUT2D eigenvalue weighted by molar-refractivity contribution is -0.170. The van der Waals surface area contributed by atoms with Crippen molar-refractivity contribution >= 4 is 11.9 Å². The van der Waals surface area contributed by atoms with Gasteiger partial charge in [-0.1, -0.05) is 54.6 Å². The average molecular weight is 415 g/mol. The second kappa shape index (κ2) is 10.1. The molecule has 0 N–H and O–H groups in total. The molecule has 0 aromatic heterocycles. The van der Waals surface area contributed by atoms with E-state index in [2.05, 4.69) is 6.07 Å². The first-order valence-corrected chi connectivity index (χ1v) is 9.58. The lowest BCUT2D eigenvalue weighted by atomic mass is 9.99. The third-order valence-corrected chi connectivity index (χ3v) is 4.57. The minimum absolute atomic E-state index is 0.437. The highest BCUT2D eigenvalue weighted by molar-refractivity contribution is 5.80. The molecule has 0 heterocycles. The van der Waals surface area contributed by atoms with Gasteiger partial charge in [-0.2, -0.15) is 5.26 Å². The van der Waals surface area contributed by atoms with Crippen LogP contribution in [0.2, 0.25) is 0 Å². The van der Waals surface area contributed by atoms with E-state index in [0.29, 0.717) is 28.0 Å². The summed E-state index contributed by atoms with van der Waals surface area (Å²) in [6.45, 7) is 1.24. The molecule has 0 fully saturated rings. The summed E-state index contributed by atoms with van der Waals surface area (Å²) in [5, 5.41) is 9.27. The van der Waals surface area contributed by atoms with Crippen LogP contribution in [0.4, 0.5) is 0 Å². The number of methoxy groups -OCH3 is 1. The number of ether oxygens (including phenoxy) is 3. The first-order chi connectivity index (χ1) is 15.0. The zero-order valence-corrected chi connectivity index (χ0v) is 17.1. The molecule has 6 nitrogen and oxygen atoms in total. The molecule has 31 heavy (non-hydrogen) atoms. The number of hydrogen-bond acceptors (Lipinski definition) is 6. The number of carbonyl (C=O) groups is 2. The van der Waals surface area contributed by atoms with Gasteiger partial charge >= 0.3 is 11.9 Å². The SMILES string of the molecule is COc1ccc(C(OC(=O)[C@H](OC(C)=O)c2ccccc2)c2cccc(C#N)c2)cc1. The standard InChI is InChI=1S/C25H21NO5/c1-17(27)30-24(19-8-4-3-5-9-19)25(28)31-23(20-11-13-22(29-2)14-12-20)21-10-6-7-18(15-21)16-26/h3-15,23-24H,1-2H3/t23?,24-/m1/s1. The highest BCUT2D eigenvalue weighted by Crippen LogP contribution is 2.31. The van der Waals surface area contributed by atoms with Crippen molar-refractivity contribution < 1.29 is 23.8 Å². The number of esters is 2. The molecule has 1 unspecified atom stereocenters. The molecule has 0 spiro atoms. The van der Waals surface area contributed by atoms with Gasteiger partial charge in [0.05, 0.1) is 18.7 Å². The molecule has 0 aliphatic heterocycles. The van der Waals surface area contributed by atoms with E-state index >= 15 is 0 Å². The first-order valence-electron chi connectivity index (χ1n) is 9.58. The van der Waals surface area contributed by atoms with Gasteiger partial charge in [0.1, 0.15) is 5.75 Å². The van der Waals surface area contributed by atoms with E-state index in [1.807, 2.05) is 0 Å². The van der Waals surface area contributed by atoms with Gasteiger partial charge in [0, 0.05) is 12.5 Å². The van der Waals surface area contributed by atoms with E-state index in [9.17, 15) is 14.9 Å². The Kier molecular flexibility index (Phi) is 7.02. The number of benzene rings is 3. The minimum atomic E-state index is -1.21. The predicted octanol–water partition coefficient (Wildman–Crippen LogP) is 4.50. The van der Waals surface area contributed by atoms with Gasteiger partial charge in [0.2, 0.25) is 6.10 Å². The Labute approximate surface area is 180 Å². The summed E-state index contributed by atoms with van der Waals surface area (Å²) in [6, 6.07) is 24.6. The Balaban J connectivity index is 1.98. The van der Waals surface area contributed by atoms with Crippen LogP contribution in [0, 0.1) is 11.3 Å². The number of hydrogen-bond donors (Lipinski definition) is 0. The van der Waals surface area contributed by atoms with Crippen molar-refractivity contribution in [1.82, 2.24) is 0 Å². The molecule has 0 amide bonds. The van der Waals surface area contributed by atoms with Crippen LogP contribution in [-0.2, 0) is 19.1 Å². The molecular weight excluding hydrogens is 394 g/mol. The average Bonchev–Trinajstić information content (AvgIpc) is 2.81. The van der Waals surface area contributed by atoms with Gasteiger partial charge in [-0.05, 0) is 35.4 Å². The van der Waals surface area contributed by atoms with Gasteiger partial charge in [-0.15, -0.1) is 0 Å². The normalized spacial score (nSPS) is 12.2. The van der Waals surface area contributed by atoms with Crippen LogP contribution in [0.25, 0.3) is 0 Å². The predicted molar refractivity (Wildman–Crippen MR) is 113 cm³/mol. The third kappa shape index (κ3) is 5.49. The molecular formula is C25H21NO5. The topological polar surface area (TPSA) is 85.6 Å². The van der Waals surface area contributed by atoms with E-state index in [4.69, 9.17) is 14.2 Å². The molecule has 0 bridgehead atoms. The zero-order chi connectivity index (χ0) is 22.2. The largest absolute Gasteiger partial charge is 0.497 e. The number of nitrogens with zero attached hydrogens (tertiary/aromatic N) is 1. The lowest BCUT2D eigenvalue weighted by Gasteiger charge is -2.23. The van der Waals surface area contributed by atoms with E-state index < -0.39 is 24.1 Å². The molecule has 0 aliphatic rings. The van der Waals surface area contributed by atoms with Gasteiger partial charge in [0.15, 0.2) is 6.10 Å². The second-order valence-electron chi connectivity index (χ2n) is 6.73. The molecule has 3 aromatic rings. The summed E-state index contributed by atoms with van der Waals surface area (Å²) in [4.78, 5) is 24.8. The summed E-state index contributed by atoms with van der Waals surface area (Å²) in [5.41, 5.74) is 2.24. The van der Waals surface area contributed by atoms with Crippen LogP contribution < -0.4 is 4.74 Å². The van der Waals surface area contributed by atoms with Gasteiger partial charge in [-0.3, -0.25) is 4.79 Å². The molecule has 156 valence electrons. The highest BCUT2D eigenvalue weighted by Gasteiger charge is 2.29. The molecule has 3 aromatic carbocycles. The first kappa shape index (κ1) is 21.6. The second-order valence-corrected chi connectivity index (χ2v) is 6.73. The van der Waals surface area contributed by atoms with Crippen molar-refractivity contribution in [2.45, 2.75) is 19.1 Å². The fourth-order valence-electron chi connectivity index (χ4n) is 3.10. The van der Waals surface area contributed by atoms with E-state index in [0.717, 1.165) is 0 Å². The maximum atomic E-state index is 13.1.